The van der Waals surface area contributed by atoms with E-state index >= 15 is 0 Å². The van der Waals surface area contributed by atoms with Crippen LogP contribution in [0, 0.1) is 0 Å². The molecule has 0 aliphatic heterocycles. The van der Waals surface area contributed by atoms with Crippen molar-refractivity contribution in [3.05, 3.63) is 70.3 Å². The topological polar surface area (TPSA) is 63.0 Å². The van der Waals surface area contributed by atoms with Gasteiger partial charge in [-0.2, -0.15) is 5.10 Å². The molecule has 0 radical (unpaired) electrons. The van der Waals surface area contributed by atoms with E-state index < -0.39 is 0 Å². The van der Waals surface area contributed by atoms with Gasteiger partial charge in [0.15, 0.2) is 5.76 Å². The summed E-state index contributed by atoms with van der Waals surface area (Å²) in [5.41, 5.74) is 2.59. The first-order valence-electron chi connectivity index (χ1n) is 8.28. The van der Waals surface area contributed by atoms with Crippen LogP contribution in [0.4, 0.5) is 0 Å². The van der Waals surface area contributed by atoms with Crippen LogP contribution in [0.3, 0.4) is 0 Å². The summed E-state index contributed by atoms with van der Waals surface area (Å²) >= 11 is 1.53. The second-order valence-corrected chi connectivity index (χ2v) is 6.51. The van der Waals surface area contributed by atoms with Crippen molar-refractivity contribution in [1.29, 1.82) is 0 Å². The van der Waals surface area contributed by atoms with E-state index in [4.69, 9.17) is 4.42 Å². The molecular formula is C20H17N3O2S. The van der Waals surface area contributed by atoms with Crippen molar-refractivity contribution in [3.63, 3.8) is 0 Å². The summed E-state index contributed by atoms with van der Waals surface area (Å²) in [4.78, 5) is 5.32. The maximum atomic E-state index is 9.41. The summed E-state index contributed by atoms with van der Waals surface area (Å²) in [7, 11) is 0. The lowest BCUT2D eigenvalue weighted by Crippen LogP contribution is -2.12. The average Bonchev–Trinajstić information content (AvgIpc) is 3.25. The van der Waals surface area contributed by atoms with Crippen molar-refractivity contribution in [2.75, 3.05) is 6.54 Å². The van der Waals surface area contributed by atoms with Gasteiger partial charge in [0, 0.05) is 17.3 Å². The van der Waals surface area contributed by atoms with Crippen LogP contribution in [0.5, 0.6) is 5.75 Å². The van der Waals surface area contributed by atoms with E-state index in [1.165, 1.54) is 11.3 Å². The molecule has 0 atom stereocenters. The van der Waals surface area contributed by atoms with Gasteiger partial charge >= 0.3 is 0 Å². The predicted molar refractivity (Wildman–Crippen MR) is 105 cm³/mol. The Bertz CT molecular complexity index is 1100. The zero-order valence-electron chi connectivity index (χ0n) is 14.2. The van der Waals surface area contributed by atoms with E-state index in [1.54, 1.807) is 23.0 Å². The third-order valence-corrected chi connectivity index (χ3v) is 4.73. The van der Waals surface area contributed by atoms with E-state index in [9.17, 15) is 5.11 Å². The molecule has 0 saturated heterocycles. The van der Waals surface area contributed by atoms with E-state index in [-0.39, 0.29) is 5.75 Å². The zero-order chi connectivity index (χ0) is 17.9. The highest BCUT2D eigenvalue weighted by Gasteiger charge is 2.12. The number of fused-ring (bicyclic) bond motifs is 1. The van der Waals surface area contributed by atoms with Crippen LogP contribution < -0.4 is 4.80 Å². The molecule has 26 heavy (non-hydrogen) atoms. The maximum Gasteiger partial charge on any atom is 0.206 e. The van der Waals surface area contributed by atoms with Gasteiger partial charge < -0.3 is 9.52 Å². The minimum Gasteiger partial charge on any atom is -0.508 e. The molecule has 1 N–H and O–H groups in total. The molecule has 0 saturated carbocycles. The van der Waals surface area contributed by atoms with Gasteiger partial charge in [-0.25, -0.2) is 4.68 Å². The van der Waals surface area contributed by atoms with Gasteiger partial charge in [-0.1, -0.05) is 18.2 Å². The highest BCUT2D eigenvalue weighted by Crippen LogP contribution is 2.28. The fraction of sp³-hybridized carbons (Fsp3) is 0.100. The van der Waals surface area contributed by atoms with Crippen LogP contribution in [0.1, 0.15) is 12.5 Å². The molecule has 0 unspecified atom stereocenters. The number of aromatic hydroxyl groups is 1. The number of nitrogens with zero attached hydrogens (tertiary/aromatic N) is 3. The van der Waals surface area contributed by atoms with Gasteiger partial charge in [0.1, 0.15) is 17.0 Å². The number of hydrogen-bond donors (Lipinski definition) is 1. The van der Waals surface area contributed by atoms with Crippen LogP contribution in [0.25, 0.3) is 22.4 Å². The number of hydrogen-bond acceptors (Lipinski definition) is 5. The minimum absolute atomic E-state index is 0.231. The Morgan fingerprint density at radius 2 is 1.96 bits per heavy atom. The van der Waals surface area contributed by atoms with Crippen LogP contribution in [-0.4, -0.2) is 22.5 Å². The summed E-state index contributed by atoms with van der Waals surface area (Å²) in [5.74, 6) is 0.984. The second kappa shape index (κ2) is 7.01. The molecule has 0 amide bonds. The quantitative estimate of drug-likeness (QED) is 0.544. The number of para-hydroxylation sites is 1. The highest BCUT2D eigenvalue weighted by molar-refractivity contribution is 7.07. The Morgan fingerprint density at radius 1 is 1.15 bits per heavy atom. The van der Waals surface area contributed by atoms with E-state index in [1.807, 2.05) is 54.8 Å². The van der Waals surface area contributed by atoms with Crippen molar-refractivity contribution in [2.45, 2.75) is 6.92 Å². The molecule has 2 aromatic carbocycles. The number of thiazole rings is 1. The Kier molecular flexibility index (Phi) is 4.41. The third-order valence-electron chi connectivity index (χ3n) is 3.87. The Hall–Kier alpha value is -3.12. The summed E-state index contributed by atoms with van der Waals surface area (Å²) in [6, 6.07) is 16.8. The van der Waals surface area contributed by atoms with Gasteiger partial charge in [0.2, 0.25) is 4.80 Å². The van der Waals surface area contributed by atoms with Gasteiger partial charge in [-0.15, -0.1) is 11.3 Å². The van der Waals surface area contributed by atoms with Crippen molar-refractivity contribution in [2.24, 2.45) is 10.1 Å². The van der Waals surface area contributed by atoms with Crippen molar-refractivity contribution in [3.8, 4) is 17.2 Å². The normalized spacial score (nSPS) is 12.4. The highest BCUT2D eigenvalue weighted by atomic mass is 32.1. The molecule has 4 rings (SSSR count). The number of furan rings is 1. The van der Waals surface area contributed by atoms with Gasteiger partial charge in [-0.05, 0) is 48.9 Å². The molecule has 130 valence electrons. The summed E-state index contributed by atoms with van der Waals surface area (Å²) in [6.07, 6.45) is 1.74. The lowest BCUT2D eigenvalue weighted by Gasteiger charge is -2.00. The minimum atomic E-state index is 0.231. The molecule has 0 aliphatic rings. The van der Waals surface area contributed by atoms with Crippen LogP contribution in [0.15, 0.2) is 74.5 Å². The molecule has 2 heterocycles. The first-order valence-corrected chi connectivity index (χ1v) is 9.16. The second-order valence-electron chi connectivity index (χ2n) is 5.67. The largest absolute Gasteiger partial charge is 0.508 e. The predicted octanol–water partition coefficient (Wildman–Crippen LogP) is 4.47. The van der Waals surface area contributed by atoms with Crippen molar-refractivity contribution < 1.29 is 9.52 Å². The lowest BCUT2D eigenvalue weighted by molar-refractivity contribution is 0.475. The van der Waals surface area contributed by atoms with Crippen molar-refractivity contribution in [1.82, 2.24) is 4.68 Å². The summed E-state index contributed by atoms with van der Waals surface area (Å²) < 4.78 is 7.78. The number of phenolic OH excluding ortho intramolecular Hbond substituents is 1. The van der Waals surface area contributed by atoms with E-state index in [0.717, 1.165) is 32.8 Å². The molecule has 2 aromatic heterocycles. The van der Waals surface area contributed by atoms with Crippen molar-refractivity contribution >= 4 is 28.5 Å². The Balaban J connectivity index is 1.80. The molecule has 5 nitrogen and oxygen atoms in total. The smallest absolute Gasteiger partial charge is 0.206 e. The molecule has 4 aromatic rings. The fourth-order valence-electron chi connectivity index (χ4n) is 2.62. The molecule has 0 aliphatic carbocycles. The average molecular weight is 363 g/mol. The van der Waals surface area contributed by atoms with E-state index in [0.29, 0.717) is 6.54 Å². The molecule has 0 bridgehead atoms. The Morgan fingerprint density at radius 3 is 2.73 bits per heavy atom. The molecule has 0 fully saturated rings. The number of phenols is 1. The van der Waals surface area contributed by atoms with Gasteiger partial charge in [-0.3, -0.25) is 4.99 Å². The number of benzene rings is 2. The van der Waals surface area contributed by atoms with Gasteiger partial charge in [0.05, 0.1) is 6.21 Å². The van der Waals surface area contributed by atoms with Crippen LogP contribution >= 0.6 is 11.3 Å². The SMILES string of the molecule is CCN=c1scc(-c2cc3ccccc3o2)n1N=Cc1ccc(O)cc1. The molecule has 0 spiro atoms. The maximum absolute atomic E-state index is 9.41. The zero-order valence-corrected chi connectivity index (χ0v) is 15.0. The van der Waals surface area contributed by atoms with Crippen LogP contribution in [-0.2, 0) is 0 Å². The van der Waals surface area contributed by atoms with Crippen LogP contribution in [0.2, 0.25) is 0 Å². The van der Waals surface area contributed by atoms with E-state index in [2.05, 4.69) is 10.1 Å². The fourth-order valence-corrected chi connectivity index (χ4v) is 3.50. The molecule has 6 heteroatoms. The molecular weight excluding hydrogens is 346 g/mol. The first-order chi connectivity index (χ1) is 12.7. The lowest BCUT2D eigenvalue weighted by atomic mass is 10.2. The number of rotatable bonds is 4. The third kappa shape index (κ3) is 3.19. The first kappa shape index (κ1) is 16.4. The monoisotopic (exact) mass is 363 g/mol. The standard InChI is InChI=1S/C20H17N3O2S/c1-2-21-20-23(22-12-14-7-9-16(24)10-8-14)17(13-26-20)19-11-15-5-3-4-6-18(15)25-19/h3-13,24H,2H2,1H3. The number of aromatic nitrogens is 1. The Labute approximate surface area is 154 Å². The summed E-state index contributed by atoms with van der Waals surface area (Å²) in [5, 5.41) is 17.1. The summed E-state index contributed by atoms with van der Waals surface area (Å²) in [6.45, 7) is 2.67. The van der Waals surface area contributed by atoms with Gasteiger partial charge in [0.25, 0.3) is 0 Å².